The molecule has 0 aliphatic rings. The lowest BCUT2D eigenvalue weighted by Crippen LogP contribution is -1.92. The van der Waals surface area contributed by atoms with Crippen molar-refractivity contribution >= 4 is 10.9 Å². The van der Waals surface area contributed by atoms with E-state index in [9.17, 15) is 0 Å². The van der Waals surface area contributed by atoms with Gasteiger partial charge in [-0.05, 0) is 62.9 Å². The van der Waals surface area contributed by atoms with Crippen LogP contribution < -0.4 is 0 Å². The zero-order valence-corrected chi connectivity index (χ0v) is 10.5. The summed E-state index contributed by atoms with van der Waals surface area (Å²) in [7, 11) is 2.15. The molecule has 0 amide bonds. The van der Waals surface area contributed by atoms with Crippen molar-refractivity contribution in [2.24, 2.45) is 7.05 Å². The Bertz CT molecular complexity index is 544. The molecule has 0 N–H and O–H groups in total. The van der Waals surface area contributed by atoms with E-state index in [1.54, 1.807) is 0 Å². The first-order valence-electron chi connectivity index (χ1n) is 5.47. The first kappa shape index (κ1) is 10.3. The summed E-state index contributed by atoms with van der Waals surface area (Å²) in [4.78, 5) is 0. The van der Waals surface area contributed by atoms with Crippen LogP contribution in [0.25, 0.3) is 10.9 Å². The number of aryl methyl sites for hydroxylation is 4. The van der Waals surface area contributed by atoms with Crippen LogP contribution in [0.3, 0.4) is 0 Å². The van der Waals surface area contributed by atoms with Gasteiger partial charge in [-0.1, -0.05) is 0 Å². The summed E-state index contributed by atoms with van der Waals surface area (Å²) in [5.41, 5.74) is 8.42. The monoisotopic (exact) mass is 201 g/mol. The fraction of sp³-hybridized carbons (Fsp3) is 0.429. The molecule has 1 aromatic carbocycles. The van der Waals surface area contributed by atoms with Crippen molar-refractivity contribution in [2.45, 2.75) is 34.6 Å². The zero-order chi connectivity index (χ0) is 11.3. The van der Waals surface area contributed by atoms with Gasteiger partial charge in [0.1, 0.15) is 0 Å². The van der Waals surface area contributed by atoms with E-state index in [2.05, 4.69) is 52.3 Å². The highest BCUT2D eigenvalue weighted by atomic mass is 14.9. The highest BCUT2D eigenvalue weighted by Gasteiger charge is 2.12. The Morgan fingerprint density at radius 3 is 2.07 bits per heavy atom. The summed E-state index contributed by atoms with van der Waals surface area (Å²) in [6.45, 7) is 11.1. The largest absolute Gasteiger partial charge is 0.348 e. The fourth-order valence-electron chi connectivity index (χ4n) is 2.41. The molecule has 1 heterocycles. The third-order valence-corrected chi connectivity index (χ3v) is 3.92. The molecule has 80 valence electrons. The molecule has 2 rings (SSSR count). The summed E-state index contributed by atoms with van der Waals surface area (Å²) in [5, 5.41) is 1.44. The van der Waals surface area contributed by atoms with E-state index in [-0.39, 0.29) is 0 Å². The Kier molecular flexibility index (Phi) is 2.14. The van der Waals surface area contributed by atoms with Gasteiger partial charge in [-0.25, -0.2) is 0 Å². The van der Waals surface area contributed by atoms with Crippen molar-refractivity contribution in [1.29, 1.82) is 0 Å². The van der Waals surface area contributed by atoms with Crippen LogP contribution in [0.5, 0.6) is 0 Å². The molecule has 2 aromatic rings. The van der Waals surface area contributed by atoms with E-state index in [0.29, 0.717) is 0 Å². The minimum Gasteiger partial charge on any atom is -0.348 e. The van der Waals surface area contributed by atoms with Crippen molar-refractivity contribution in [1.82, 2.24) is 4.57 Å². The van der Waals surface area contributed by atoms with Crippen LogP contribution in [0.1, 0.15) is 27.9 Å². The van der Waals surface area contributed by atoms with Gasteiger partial charge in [0, 0.05) is 23.6 Å². The molecule has 15 heavy (non-hydrogen) atoms. The molecule has 0 atom stereocenters. The molecule has 0 unspecified atom stereocenters. The first-order chi connectivity index (χ1) is 6.95. The fourth-order valence-corrected chi connectivity index (χ4v) is 2.41. The summed E-state index contributed by atoms with van der Waals surface area (Å²) in [6, 6.07) is 2.30. The van der Waals surface area contributed by atoms with E-state index in [1.807, 2.05) is 0 Å². The van der Waals surface area contributed by atoms with Crippen LogP contribution in [0.4, 0.5) is 0 Å². The molecule has 0 fully saturated rings. The summed E-state index contributed by atoms with van der Waals surface area (Å²) >= 11 is 0. The van der Waals surface area contributed by atoms with Gasteiger partial charge in [-0.2, -0.15) is 0 Å². The Morgan fingerprint density at radius 2 is 1.47 bits per heavy atom. The Hall–Kier alpha value is -1.24. The van der Waals surface area contributed by atoms with Crippen LogP contribution in [-0.4, -0.2) is 4.57 Å². The van der Waals surface area contributed by atoms with E-state index in [1.165, 1.54) is 38.9 Å². The Balaban J connectivity index is 3.06. The molecule has 1 heteroatoms. The molecule has 0 radical (unpaired) electrons. The lowest BCUT2D eigenvalue weighted by molar-refractivity contribution is 0.909. The smallest absolute Gasteiger partial charge is 0.0488 e. The van der Waals surface area contributed by atoms with Crippen LogP contribution in [0.2, 0.25) is 0 Å². The molecule has 1 aromatic heterocycles. The van der Waals surface area contributed by atoms with Crippen molar-refractivity contribution in [3.8, 4) is 0 Å². The molecule has 0 bridgehead atoms. The molecular weight excluding hydrogens is 182 g/mol. The number of aromatic nitrogens is 1. The highest BCUT2D eigenvalue weighted by Crippen LogP contribution is 2.30. The summed E-state index contributed by atoms with van der Waals surface area (Å²) in [6.07, 6.45) is 0. The zero-order valence-electron chi connectivity index (χ0n) is 10.5. The number of benzene rings is 1. The van der Waals surface area contributed by atoms with Crippen molar-refractivity contribution < 1.29 is 0 Å². The molecule has 0 aliphatic heterocycles. The minimum atomic E-state index is 1.37. The van der Waals surface area contributed by atoms with E-state index in [0.717, 1.165) is 0 Å². The maximum absolute atomic E-state index is 2.30. The molecule has 0 aliphatic carbocycles. The van der Waals surface area contributed by atoms with Gasteiger partial charge in [-0.3, -0.25) is 0 Å². The van der Waals surface area contributed by atoms with Crippen LogP contribution in [-0.2, 0) is 7.05 Å². The predicted octanol–water partition coefficient (Wildman–Crippen LogP) is 3.72. The van der Waals surface area contributed by atoms with Crippen molar-refractivity contribution in [3.05, 3.63) is 34.0 Å². The topological polar surface area (TPSA) is 4.93 Å². The highest BCUT2D eigenvalue weighted by molar-refractivity contribution is 5.90. The van der Waals surface area contributed by atoms with E-state index >= 15 is 0 Å². The number of fused-ring (bicyclic) bond motifs is 1. The predicted molar refractivity (Wildman–Crippen MR) is 66.6 cm³/mol. The quantitative estimate of drug-likeness (QED) is 0.612. The van der Waals surface area contributed by atoms with Gasteiger partial charge < -0.3 is 4.57 Å². The average molecular weight is 201 g/mol. The van der Waals surface area contributed by atoms with Gasteiger partial charge >= 0.3 is 0 Å². The van der Waals surface area contributed by atoms with Gasteiger partial charge in [-0.15, -0.1) is 0 Å². The Morgan fingerprint density at radius 1 is 0.867 bits per heavy atom. The third kappa shape index (κ3) is 1.22. The molecule has 0 saturated heterocycles. The lowest BCUT2D eigenvalue weighted by atomic mass is 9.98. The standard InChI is InChI=1S/C14H19N/c1-8-7-13-14(10(3)9(8)2)11(4)12(5)15(13)6/h7H,1-6H3. The van der Waals surface area contributed by atoms with E-state index < -0.39 is 0 Å². The molecule has 1 nitrogen and oxygen atoms in total. The van der Waals surface area contributed by atoms with Crippen molar-refractivity contribution in [2.75, 3.05) is 0 Å². The average Bonchev–Trinajstić information content (AvgIpc) is 2.40. The second kappa shape index (κ2) is 3.13. The SMILES string of the molecule is Cc1cc2c(c(C)c1C)c(C)c(C)n2C. The molecular formula is C14H19N. The number of hydrogen-bond donors (Lipinski definition) is 0. The molecule has 0 saturated carbocycles. The Labute approximate surface area is 91.7 Å². The van der Waals surface area contributed by atoms with Gasteiger partial charge in [0.05, 0.1) is 0 Å². The van der Waals surface area contributed by atoms with Crippen LogP contribution in [0.15, 0.2) is 6.07 Å². The number of rotatable bonds is 0. The van der Waals surface area contributed by atoms with Crippen LogP contribution in [0, 0.1) is 34.6 Å². The lowest BCUT2D eigenvalue weighted by Gasteiger charge is -2.08. The first-order valence-corrected chi connectivity index (χ1v) is 5.47. The second-order valence-corrected chi connectivity index (χ2v) is 4.61. The number of hydrogen-bond acceptors (Lipinski definition) is 0. The second-order valence-electron chi connectivity index (χ2n) is 4.61. The maximum Gasteiger partial charge on any atom is 0.0488 e. The van der Waals surface area contributed by atoms with Crippen LogP contribution >= 0.6 is 0 Å². The summed E-state index contributed by atoms with van der Waals surface area (Å²) in [5.74, 6) is 0. The van der Waals surface area contributed by atoms with Gasteiger partial charge in [0.2, 0.25) is 0 Å². The summed E-state index contributed by atoms with van der Waals surface area (Å²) < 4.78 is 2.30. The van der Waals surface area contributed by atoms with Gasteiger partial charge in [0.15, 0.2) is 0 Å². The minimum absolute atomic E-state index is 1.37. The normalized spacial score (nSPS) is 11.3. The maximum atomic E-state index is 2.30. The number of nitrogens with zero attached hydrogens (tertiary/aromatic N) is 1. The van der Waals surface area contributed by atoms with Crippen molar-refractivity contribution in [3.63, 3.8) is 0 Å². The molecule has 0 spiro atoms. The van der Waals surface area contributed by atoms with E-state index in [4.69, 9.17) is 0 Å². The third-order valence-electron chi connectivity index (χ3n) is 3.92. The van der Waals surface area contributed by atoms with Gasteiger partial charge in [0.25, 0.3) is 0 Å².